The number of unbranched alkanes of at least 4 members (excludes halogenated alkanes) is 1. The van der Waals surface area contributed by atoms with E-state index in [1.54, 1.807) is 0 Å². The molecule has 0 bridgehead atoms. The summed E-state index contributed by atoms with van der Waals surface area (Å²) in [4.78, 5) is 10.3. The number of anilines is 6. The second kappa shape index (κ2) is 18.9. The average Bonchev–Trinajstić information content (AvgIpc) is 3.60. The standard InChI is InChI=1S/C69H64B2N2O2S2/c1-11-12-22-45-29-42(2)34-61-64(45)71-55-40-54-56(41-60(55)76-62-38-52(39-63(77-61)67(62)71)75-50-27-20-15-21-28-50)72(47-23-16-13-17-24-47)58-36-51(74-49-25-18-14-19-26-49)37-59-66(58)70(54)65-53(69(8,9)10)32-44(4)33-57(65)73(59)48-31-43(3)30-46(35-48)68(5,6)7/h13-21,23-41H,11-12,22H2,1-10H3. The maximum absolute atomic E-state index is 7.03. The maximum Gasteiger partial charge on any atom is 0.252 e. The minimum absolute atomic E-state index is 0.0338. The van der Waals surface area contributed by atoms with Gasteiger partial charge in [0.25, 0.3) is 6.71 Å². The largest absolute Gasteiger partial charge is 0.457 e. The van der Waals surface area contributed by atoms with Gasteiger partial charge in [-0.15, -0.1) is 0 Å². The van der Waals surface area contributed by atoms with Gasteiger partial charge in [-0.25, -0.2) is 0 Å². The average molecular weight is 1040 g/mol. The molecule has 0 unspecified atom stereocenters. The van der Waals surface area contributed by atoms with E-state index < -0.39 is 0 Å². The van der Waals surface area contributed by atoms with Crippen molar-refractivity contribution in [3.63, 3.8) is 0 Å². The Morgan fingerprint density at radius 1 is 0.429 bits per heavy atom. The second-order valence-corrected chi connectivity index (χ2v) is 26.0. The molecular weight excluding hydrogens is 975 g/mol. The summed E-state index contributed by atoms with van der Waals surface area (Å²) in [5.74, 6) is 3.30. The van der Waals surface area contributed by atoms with Crippen LogP contribution in [0.2, 0.25) is 0 Å². The van der Waals surface area contributed by atoms with Gasteiger partial charge in [-0.3, -0.25) is 0 Å². The van der Waals surface area contributed by atoms with Gasteiger partial charge in [-0.1, -0.05) is 174 Å². The van der Waals surface area contributed by atoms with Crippen molar-refractivity contribution in [1.29, 1.82) is 0 Å². The highest BCUT2D eigenvalue weighted by Crippen LogP contribution is 2.50. The van der Waals surface area contributed by atoms with Crippen molar-refractivity contribution in [2.24, 2.45) is 0 Å². The molecule has 4 nitrogen and oxygen atoms in total. The molecule has 0 spiro atoms. The van der Waals surface area contributed by atoms with Gasteiger partial charge in [-0.2, -0.15) is 0 Å². The molecule has 0 N–H and O–H groups in total. The molecule has 77 heavy (non-hydrogen) atoms. The van der Waals surface area contributed by atoms with Crippen LogP contribution in [0.3, 0.4) is 0 Å². The summed E-state index contributed by atoms with van der Waals surface area (Å²) in [7, 11) is 0. The Kier molecular flexibility index (Phi) is 12.2. The fourth-order valence-electron chi connectivity index (χ4n) is 12.6. The summed E-state index contributed by atoms with van der Waals surface area (Å²) < 4.78 is 13.8. The fraction of sp³-hybridized carbons (Fsp3) is 0.217. The predicted octanol–water partition coefficient (Wildman–Crippen LogP) is 15.7. The van der Waals surface area contributed by atoms with Crippen LogP contribution in [0.5, 0.6) is 23.0 Å². The van der Waals surface area contributed by atoms with Crippen molar-refractivity contribution < 1.29 is 9.47 Å². The maximum atomic E-state index is 7.03. The molecule has 8 heteroatoms. The first-order valence-corrected chi connectivity index (χ1v) is 29.1. The number of aryl methyl sites for hydroxylation is 4. The highest BCUT2D eigenvalue weighted by atomic mass is 32.2. The van der Waals surface area contributed by atoms with Gasteiger partial charge >= 0.3 is 0 Å². The van der Waals surface area contributed by atoms with E-state index in [-0.39, 0.29) is 24.3 Å². The van der Waals surface area contributed by atoms with Crippen LogP contribution in [0, 0.1) is 20.8 Å². The van der Waals surface area contributed by atoms with Crippen molar-refractivity contribution in [1.82, 2.24) is 0 Å². The van der Waals surface area contributed by atoms with Crippen molar-refractivity contribution in [2.75, 3.05) is 9.80 Å². The molecule has 0 fully saturated rings. The lowest BCUT2D eigenvalue weighted by molar-refractivity contribution is 0.480. The minimum Gasteiger partial charge on any atom is -0.457 e. The monoisotopic (exact) mass is 1040 g/mol. The van der Waals surface area contributed by atoms with Crippen molar-refractivity contribution >= 4 is 104 Å². The van der Waals surface area contributed by atoms with Crippen molar-refractivity contribution in [3.05, 3.63) is 203 Å². The van der Waals surface area contributed by atoms with Gasteiger partial charge in [0.1, 0.15) is 23.0 Å². The van der Waals surface area contributed by atoms with Gasteiger partial charge in [-0.05, 0) is 173 Å². The zero-order chi connectivity index (χ0) is 53.1. The van der Waals surface area contributed by atoms with Gasteiger partial charge < -0.3 is 19.3 Å². The van der Waals surface area contributed by atoms with Crippen LogP contribution in [0.15, 0.2) is 189 Å². The number of nitrogens with zero attached hydrogens (tertiary/aromatic N) is 2. The lowest BCUT2D eigenvalue weighted by atomic mass is 9.30. The fourth-order valence-corrected chi connectivity index (χ4v) is 15.2. The molecule has 4 aliphatic heterocycles. The van der Waals surface area contributed by atoms with Crippen LogP contribution in [0.1, 0.15) is 94.7 Å². The SMILES string of the molecule is CCCCc1cc(C)cc2c1B1c3cc4c(cc3Sc3cc(Oc5ccccc5)cc(c31)S2)N(c1ccccc1)c1cc(Oc2ccccc2)cc2c1B4c1c(cc(C)cc1C(C)(C)C)N2c1cc(C)cc(C(C)(C)C)c1. The Hall–Kier alpha value is -6.99. The van der Waals surface area contributed by atoms with E-state index in [2.05, 4.69) is 212 Å². The summed E-state index contributed by atoms with van der Waals surface area (Å²) in [6.07, 6.45) is 3.34. The number of para-hydroxylation sites is 3. The van der Waals surface area contributed by atoms with Gasteiger partial charge in [0.15, 0.2) is 0 Å². The summed E-state index contributed by atoms with van der Waals surface area (Å²) in [5.41, 5.74) is 22.9. The summed E-state index contributed by atoms with van der Waals surface area (Å²) >= 11 is 3.83. The van der Waals surface area contributed by atoms with Gasteiger partial charge in [0.05, 0.1) is 0 Å². The molecule has 4 aliphatic rings. The van der Waals surface area contributed by atoms with Crippen LogP contribution in [0.4, 0.5) is 34.1 Å². The second-order valence-electron chi connectivity index (χ2n) is 23.8. The van der Waals surface area contributed by atoms with Crippen LogP contribution < -0.4 is 52.1 Å². The van der Waals surface area contributed by atoms with E-state index in [1.807, 2.05) is 59.9 Å². The first kappa shape index (κ1) is 49.6. The molecule has 9 aromatic carbocycles. The first-order valence-electron chi connectivity index (χ1n) is 27.5. The topological polar surface area (TPSA) is 24.9 Å². The van der Waals surface area contributed by atoms with E-state index in [1.165, 1.54) is 97.1 Å². The summed E-state index contributed by atoms with van der Waals surface area (Å²) in [6.45, 7) is 23.2. The number of hydrogen-bond acceptors (Lipinski definition) is 6. The third kappa shape index (κ3) is 8.67. The molecule has 4 heterocycles. The van der Waals surface area contributed by atoms with Crippen LogP contribution >= 0.6 is 23.5 Å². The lowest BCUT2D eigenvalue weighted by Gasteiger charge is -2.47. The number of rotatable bonds is 9. The number of ether oxygens (including phenoxy) is 2. The third-order valence-corrected chi connectivity index (χ3v) is 18.2. The Labute approximate surface area is 465 Å². The Bertz CT molecular complexity index is 3830. The molecule has 0 aromatic heterocycles. The Morgan fingerprint density at radius 2 is 0.974 bits per heavy atom. The van der Waals surface area contributed by atoms with E-state index in [4.69, 9.17) is 9.47 Å². The Morgan fingerprint density at radius 3 is 1.60 bits per heavy atom. The van der Waals surface area contributed by atoms with Crippen LogP contribution in [-0.4, -0.2) is 13.4 Å². The molecule has 380 valence electrons. The van der Waals surface area contributed by atoms with Gasteiger partial charge in [0.2, 0.25) is 6.71 Å². The molecular formula is C69H64B2N2O2S2. The molecule has 0 atom stereocenters. The lowest BCUT2D eigenvalue weighted by Crippen LogP contribution is -2.65. The quantitative estimate of drug-likeness (QED) is 0.134. The number of benzene rings is 9. The van der Waals surface area contributed by atoms with Gasteiger partial charge in [0, 0.05) is 65.8 Å². The van der Waals surface area contributed by atoms with Crippen molar-refractivity contribution in [2.45, 2.75) is 119 Å². The first-order chi connectivity index (χ1) is 37.1. The Balaban J connectivity index is 1.13. The molecule has 13 rings (SSSR count). The van der Waals surface area contributed by atoms with E-state index in [9.17, 15) is 0 Å². The summed E-state index contributed by atoms with van der Waals surface area (Å²) in [6, 6.07) is 63.1. The molecule has 0 radical (unpaired) electrons. The predicted molar refractivity (Wildman–Crippen MR) is 330 cm³/mol. The number of fused-ring (bicyclic) bond motifs is 8. The molecule has 0 saturated heterocycles. The van der Waals surface area contributed by atoms with E-state index in [0.29, 0.717) is 0 Å². The highest BCUT2D eigenvalue weighted by Gasteiger charge is 2.48. The minimum atomic E-state index is -0.182. The molecule has 0 aliphatic carbocycles. The molecule has 9 aromatic rings. The molecule has 0 saturated carbocycles. The zero-order valence-electron chi connectivity index (χ0n) is 46.0. The van der Waals surface area contributed by atoms with Crippen LogP contribution in [-0.2, 0) is 17.3 Å². The van der Waals surface area contributed by atoms with E-state index in [0.717, 1.165) is 65.0 Å². The van der Waals surface area contributed by atoms with Crippen LogP contribution in [0.25, 0.3) is 0 Å². The smallest absolute Gasteiger partial charge is 0.252 e. The third-order valence-electron chi connectivity index (χ3n) is 16.0. The van der Waals surface area contributed by atoms with Crippen molar-refractivity contribution in [3.8, 4) is 23.0 Å². The number of hydrogen-bond donors (Lipinski definition) is 0. The normalized spacial score (nSPS) is 13.8. The zero-order valence-corrected chi connectivity index (χ0v) is 47.6. The highest BCUT2D eigenvalue weighted by molar-refractivity contribution is 8.01. The van der Waals surface area contributed by atoms with E-state index >= 15 is 0 Å². The molecule has 0 amide bonds. The summed E-state index contributed by atoms with van der Waals surface area (Å²) in [5, 5.41) is 0.